The maximum Gasteiger partial charge on any atom is 0.329 e. The van der Waals surface area contributed by atoms with Crippen LogP contribution in [0, 0.1) is 6.92 Å². The number of carbonyl (C=O) groups is 2. The highest BCUT2D eigenvalue weighted by molar-refractivity contribution is 5.85. The molecule has 6 heteroatoms. The summed E-state index contributed by atoms with van der Waals surface area (Å²) in [6.07, 6.45) is 0.307. The molecule has 2 N–H and O–H groups in total. The van der Waals surface area contributed by atoms with E-state index in [1.165, 1.54) is 11.8 Å². The van der Waals surface area contributed by atoms with Crippen LogP contribution in [0.4, 0.5) is 4.79 Å². The molecule has 2 amide bonds. The van der Waals surface area contributed by atoms with Gasteiger partial charge >= 0.3 is 12.0 Å². The molecule has 1 atom stereocenters. The lowest BCUT2D eigenvalue weighted by Gasteiger charge is -2.27. The molecule has 1 aromatic rings. The largest absolute Gasteiger partial charge is 0.480 e. The van der Waals surface area contributed by atoms with E-state index in [1.54, 1.807) is 20.0 Å². The number of nitrogens with one attached hydrogen (secondary N) is 1. The van der Waals surface area contributed by atoms with Gasteiger partial charge in [-0.05, 0) is 32.4 Å². The molecule has 19 heavy (non-hydrogen) atoms. The lowest BCUT2D eigenvalue weighted by atomic mass is 10.00. The van der Waals surface area contributed by atoms with Crippen LogP contribution in [-0.4, -0.2) is 34.6 Å². The van der Waals surface area contributed by atoms with Crippen LogP contribution in [0.2, 0.25) is 0 Å². The Balaban J connectivity index is 2.65. The number of amides is 2. The zero-order valence-corrected chi connectivity index (χ0v) is 11.7. The van der Waals surface area contributed by atoms with Gasteiger partial charge in [0.1, 0.15) is 17.1 Å². The Labute approximate surface area is 112 Å². The Kier molecular flexibility index (Phi) is 4.58. The zero-order chi connectivity index (χ0) is 14.6. The fourth-order valence-corrected chi connectivity index (χ4v) is 1.50. The summed E-state index contributed by atoms with van der Waals surface area (Å²) in [5.74, 6) is 0.377. The van der Waals surface area contributed by atoms with Gasteiger partial charge in [-0.2, -0.15) is 0 Å². The van der Waals surface area contributed by atoms with Crippen LogP contribution in [0.3, 0.4) is 0 Å². The van der Waals surface area contributed by atoms with E-state index in [0.717, 1.165) is 5.76 Å². The number of nitrogens with zero attached hydrogens (tertiary/aromatic N) is 1. The van der Waals surface area contributed by atoms with E-state index in [-0.39, 0.29) is 0 Å². The third-order valence-corrected chi connectivity index (χ3v) is 3.10. The molecule has 0 aromatic carbocycles. The molecule has 1 aromatic heterocycles. The molecule has 1 rings (SSSR count). The Morgan fingerprint density at radius 2 is 2.11 bits per heavy atom. The van der Waals surface area contributed by atoms with Crippen LogP contribution in [0.1, 0.15) is 31.8 Å². The molecule has 0 spiro atoms. The van der Waals surface area contributed by atoms with Crippen molar-refractivity contribution >= 4 is 12.0 Å². The van der Waals surface area contributed by atoms with Crippen molar-refractivity contribution in [2.75, 3.05) is 7.05 Å². The van der Waals surface area contributed by atoms with Gasteiger partial charge < -0.3 is 19.7 Å². The number of furan rings is 1. The summed E-state index contributed by atoms with van der Waals surface area (Å²) in [6.45, 7) is 5.31. The highest BCUT2D eigenvalue weighted by Gasteiger charge is 2.33. The first-order valence-electron chi connectivity index (χ1n) is 6.10. The first kappa shape index (κ1) is 15.1. The predicted octanol–water partition coefficient (Wildman–Crippen LogP) is 1.98. The fourth-order valence-electron chi connectivity index (χ4n) is 1.50. The second kappa shape index (κ2) is 5.77. The van der Waals surface area contributed by atoms with Gasteiger partial charge in [-0.25, -0.2) is 9.59 Å². The number of carbonyl (C=O) groups excluding carboxylic acids is 1. The first-order chi connectivity index (χ1) is 8.78. The third kappa shape index (κ3) is 3.74. The summed E-state index contributed by atoms with van der Waals surface area (Å²) in [5.41, 5.74) is -1.26. The van der Waals surface area contributed by atoms with Crippen LogP contribution in [0.25, 0.3) is 0 Å². The van der Waals surface area contributed by atoms with E-state index < -0.39 is 17.5 Å². The van der Waals surface area contributed by atoms with Crippen molar-refractivity contribution in [3.05, 3.63) is 23.7 Å². The predicted molar refractivity (Wildman–Crippen MR) is 69.8 cm³/mol. The second-order valence-electron chi connectivity index (χ2n) is 4.79. The SMILES string of the molecule is CCC(C)(NC(=O)N(C)Cc1ccc(C)o1)C(=O)O. The van der Waals surface area contributed by atoms with Crippen molar-refractivity contribution < 1.29 is 19.1 Å². The number of aryl methyl sites for hydroxylation is 1. The molecule has 0 saturated carbocycles. The number of carboxylic acids is 1. The number of hydrogen-bond acceptors (Lipinski definition) is 3. The maximum absolute atomic E-state index is 11.9. The lowest BCUT2D eigenvalue weighted by molar-refractivity contribution is -0.143. The van der Waals surface area contributed by atoms with Gasteiger partial charge in [-0.1, -0.05) is 6.92 Å². The molecule has 1 heterocycles. The van der Waals surface area contributed by atoms with E-state index in [1.807, 2.05) is 13.0 Å². The number of carboxylic acid groups (broad SMARTS) is 1. The number of rotatable bonds is 5. The van der Waals surface area contributed by atoms with Gasteiger partial charge in [0.15, 0.2) is 0 Å². The molecule has 0 aliphatic rings. The Morgan fingerprint density at radius 3 is 2.53 bits per heavy atom. The summed E-state index contributed by atoms with van der Waals surface area (Å²) >= 11 is 0. The lowest BCUT2D eigenvalue weighted by Crippen LogP contribution is -2.54. The van der Waals surface area contributed by atoms with E-state index in [4.69, 9.17) is 9.52 Å². The van der Waals surface area contributed by atoms with Crippen LogP contribution >= 0.6 is 0 Å². The molecule has 1 unspecified atom stereocenters. The highest BCUT2D eigenvalue weighted by Crippen LogP contribution is 2.12. The smallest absolute Gasteiger partial charge is 0.329 e. The minimum Gasteiger partial charge on any atom is -0.480 e. The summed E-state index contributed by atoms with van der Waals surface area (Å²) in [7, 11) is 1.59. The molecule has 0 fully saturated rings. The van der Waals surface area contributed by atoms with Crippen LogP contribution in [0.15, 0.2) is 16.5 Å². The molecule has 0 bridgehead atoms. The quantitative estimate of drug-likeness (QED) is 0.855. The van der Waals surface area contributed by atoms with Gasteiger partial charge in [-0.15, -0.1) is 0 Å². The van der Waals surface area contributed by atoms with Crippen molar-refractivity contribution in [1.29, 1.82) is 0 Å². The Morgan fingerprint density at radius 1 is 1.47 bits per heavy atom. The van der Waals surface area contributed by atoms with Crippen molar-refractivity contribution in [2.45, 2.75) is 39.3 Å². The fraction of sp³-hybridized carbons (Fsp3) is 0.538. The molecule has 106 valence electrons. The van der Waals surface area contributed by atoms with Gasteiger partial charge in [0.05, 0.1) is 6.54 Å². The molecule has 0 saturated heterocycles. The van der Waals surface area contributed by atoms with Crippen molar-refractivity contribution in [3.8, 4) is 0 Å². The van der Waals surface area contributed by atoms with E-state index >= 15 is 0 Å². The van der Waals surface area contributed by atoms with Crippen LogP contribution < -0.4 is 5.32 Å². The number of hydrogen-bond donors (Lipinski definition) is 2. The molecule has 6 nitrogen and oxygen atoms in total. The first-order valence-corrected chi connectivity index (χ1v) is 6.10. The average Bonchev–Trinajstić information content (AvgIpc) is 2.74. The topological polar surface area (TPSA) is 82.8 Å². The van der Waals surface area contributed by atoms with E-state index in [0.29, 0.717) is 18.7 Å². The van der Waals surface area contributed by atoms with Gasteiger partial charge in [0, 0.05) is 7.05 Å². The van der Waals surface area contributed by atoms with Gasteiger partial charge in [0.25, 0.3) is 0 Å². The Hall–Kier alpha value is -1.98. The zero-order valence-electron chi connectivity index (χ0n) is 11.7. The summed E-state index contributed by atoms with van der Waals surface area (Å²) < 4.78 is 5.37. The maximum atomic E-state index is 11.9. The monoisotopic (exact) mass is 268 g/mol. The minimum absolute atomic E-state index is 0.291. The van der Waals surface area contributed by atoms with Crippen LogP contribution in [-0.2, 0) is 11.3 Å². The van der Waals surface area contributed by atoms with Crippen molar-refractivity contribution in [1.82, 2.24) is 10.2 Å². The molecular weight excluding hydrogens is 248 g/mol. The summed E-state index contributed by atoms with van der Waals surface area (Å²) in [6, 6.07) is 3.16. The third-order valence-electron chi connectivity index (χ3n) is 3.10. The van der Waals surface area contributed by atoms with Gasteiger partial charge in [0.2, 0.25) is 0 Å². The normalized spacial score (nSPS) is 13.7. The minimum atomic E-state index is -1.26. The number of aliphatic carboxylic acids is 1. The van der Waals surface area contributed by atoms with E-state index in [9.17, 15) is 9.59 Å². The van der Waals surface area contributed by atoms with Crippen molar-refractivity contribution in [3.63, 3.8) is 0 Å². The van der Waals surface area contributed by atoms with Crippen molar-refractivity contribution in [2.24, 2.45) is 0 Å². The standard InChI is InChI=1S/C13H20N2O4/c1-5-13(3,11(16)17)14-12(18)15(4)8-10-7-6-9(2)19-10/h6-7H,5,8H2,1-4H3,(H,14,18)(H,16,17). The molecule has 0 aliphatic carbocycles. The highest BCUT2D eigenvalue weighted by atomic mass is 16.4. The Bertz CT molecular complexity index is 469. The summed E-state index contributed by atoms with van der Waals surface area (Å²) in [5, 5.41) is 11.6. The number of urea groups is 1. The molecule has 0 radical (unpaired) electrons. The second-order valence-corrected chi connectivity index (χ2v) is 4.79. The van der Waals surface area contributed by atoms with E-state index in [2.05, 4.69) is 5.32 Å². The molecule has 0 aliphatic heterocycles. The van der Waals surface area contributed by atoms with Crippen LogP contribution in [0.5, 0.6) is 0 Å². The van der Waals surface area contributed by atoms with Gasteiger partial charge in [-0.3, -0.25) is 0 Å². The summed E-state index contributed by atoms with van der Waals surface area (Å²) in [4.78, 5) is 24.4. The molecular formula is C13H20N2O4. The average molecular weight is 268 g/mol.